The van der Waals surface area contributed by atoms with Gasteiger partial charge in [0.1, 0.15) is 4.91 Å². The molecule has 0 aromatic heterocycles. The van der Waals surface area contributed by atoms with E-state index in [1.54, 1.807) is 0 Å². The molecule has 0 bridgehead atoms. The number of hydrogen-bond donors (Lipinski definition) is 4. The highest BCUT2D eigenvalue weighted by Crippen LogP contribution is 2.17. The van der Waals surface area contributed by atoms with Gasteiger partial charge in [-0.25, -0.2) is 4.79 Å². The third kappa shape index (κ3) is 3.34. The van der Waals surface area contributed by atoms with Crippen LogP contribution in [0.5, 0.6) is 0 Å². The molecule has 0 fully saturated rings. The molecule has 0 aliphatic carbocycles. The van der Waals surface area contributed by atoms with Crippen molar-refractivity contribution >= 4 is 56.8 Å². The van der Waals surface area contributed by atoms with E-state index in [2.05, 4.69) is 55.0 Å². The zero-order valence-corrected chi connectivity index (χ0v) is 7.68. The van der Waals surface area contributed by atoms with Gasteiger partial charge in [0.25, 0.3) is 0 Å². The first-order chi connectivity index (χ1) is 4.09. The molecule has 2 nitrogen and oxygen atoms in total. The molecule has 0 N–H and O–H groups in total. The minimum Gasteiger partial charge on any atom is -0.391 e. The monoisotopic (exact) mass is 200 g/mol. The van der Waals surface area contributed by atoms with E-state index in [0.717, 1.165) is 0 Å². The summed E-state index contributed by atoms with van der Waals surface area (Å²) in [4.78, 5) is 10.5. The Hall–Kier alpha value is 0.610. The third-order valence-corrected chi connectivity index (χ3v) is 1.86. The Balaban J connectivity index is 4.21. The average Bonchev–Trinajstić information content (AvgIpc) is 1.84. The van der Waals surface area contributed by atoms with E-state index in [1.165, 1.54) is 0 Å². The standard InChI is InChI=1S/C3H4O2S4/c4-2(5-9)1(6)3(7)8/h6-9H. The van der Waals surface area contributed by atoms with E-state index in [4.69, 9.17) is 0 Å². The second-order valence-corrected chi connectivity index (χ2v) is 2.93. The van der Waals surface area contributed by atoms with E-state index in [-0.39, 0.29) is 9.14 Å². The fourth-order valence-corrected chi connectivity index (χ4v) is 0.526. The van der Waals surface area contributed by atoms with Crippen molar-refractivity contribution in [1.82, 2.24) is 0 Å². The quantitative estimate of drug-likeness (QED) is 0.292. The summed E-state index contributed by atoms with van der Waals surface area (Å²) < 4.78 is 4.20. The van der Waals surface area contributed by atoms with E-state index in [0.29, 0.717) is 0 Å². The maximum Gasteiger partial charge on any atom is 0.357 e. The highest BCUT2D eigenvalue weighted by molar-refractivity contribution is 8.06. The summed E-state index contributed by atoms with van der Waals surface area (Å²) in [5.74, 6) is -0.665. The third-order valence-electron chi connectivity index (χ3n) is 0.488. The normalized spacial score (nSPS) is 8.44. The fraction of sp³-hybridized carbons (Fsp3) is 0. The lowest BCUT2D eigenvalue weighted by Gasteiger charge is -1.94. The molecule has 0 aromatic rings. The topological polar surface area (TPSA) is 26.3 Å². The Morgan fingerprint density at radius 3 is 1.78 bits per heavy atom. The average molecular weight is 200 g/mol. The van der Waals surface area contributed by atoms with Crippen molar-refractivity contribution in [1.29, 1.82) is 0 Å². The fourth-order valence-electron chi connectivity index (χ4n) is 0.135. The summed E-state index contributed by atoms with van der Waals surface area (Å²) in [6, 6.07) is 0. The summed E-state index contributed by atoms with van der Waals surface area (Å²) in [6.45, 7) is 0. The number of carbonyl (C=O) groups excluding carboxylic acids is 1. The summed E-state index contributed by atoms with van der Waals surface area (Å²) in [5, 5.41) is 0. The van der Waals surface area contributed by atoms with Crippen molar-refractivity contribution in [2.75, 3.05) is 0 Å². The molecule has 0 radical (unpaired) electrons. The molecule has 0 spiro atoms. The van der Waals surface area contributed by atoms with Gasteiger partial charge in [0.2, 0.25) is 0 Å². The van der Waals surface area contributed by atoms with Gasteiger partial charge in [0, 0.05) is 12.9 Å². The molecule has 0 saturated heterocycles. The molecule has 0 amide bonds. The summed E-state index contributed by atoms with van der Waals surface area (Å²) in [5.41, 5.74) is 0. The van der Waals surface area contributed by atoms with Crippen LogP contribution in [-0.4, -0.2) is 5.97 Å². The Morgan fingerprint density at radius 2 is 1.67 bits per heavy atom. The van der Waals surface area contributed by atoms with Gasteiger partial charge in [-0.15, -0.1) is 37.9 Å². The van der Waals surface area contributed by atoms with E-state index < -0.39 is 5.97 Å². The van der Waals surface area contributed by atoms with Crippen LogP contribution in [0, 0.1) is 0 Å². The molecule has 0 aromatic carbocycles. The number of hydrogen-bond acceptors (Lipinski definition) is 6. The van der Waals surface area contributed by atoms with Crippen LogP contribution in [0.2, 0.25) is 0 Å². The van der Waals surface area contributed by atoms with Crippen LogP contribution in [-0.2, 0) is 8.98 Å². The second kappa shape index (κ2) is 4.43. The lowest BCUT2D eigenvalue weighted by Crippen LogP contribution is -1.96. The molecule has 0 heterocycles. The molecule has 0 aliphatic heterocycles. The molecule has 0 atom stereocenters. The summed E-state index contributed by atoms with van der Waals surface area (Å²) in [7, 11) is 0. The zero-order chi connectivity index (χ0) is 7.44. The first-order valence-electron chi connectivity index (χ1n) is 1.76. The second-order valence-electron chi connectivity index (χ2n) is 1.05. The van der Waals surface area contributed by atoms with E-state index >= 15 is 0 Å². The van der Waals surface area contributed by atoms with Crippen molar-refractivity contribution in [3.63, 3.8) is 0 Å². The largest absolute Gasteiger partial charge is 0.391 e. The van der Waals surface area contributed by atoms with E-state index in [1.807, 2.05) is 0 Å². The van der Waals surface area contributed by atoms with Crippen LogP contribution in [0.25, 0.3) is 0 Å². The Morgan fingerprint density at radius 1 is 1.22 bits per heavy atom. The van der Waals surface area contributed by atoms with Crippen molar-refractivity contribution in [2.24, 2.45) is 0 Å². The van der Waals surface area contributed by atoms with Crippen molar-refractivity contribution in [2.45, 2.75) is 0 Å². The van der Waals surface area contributed by atoms with Gasteiger partial charge in [-0.05, 0) is 0 Å². The molecule has 9 heavy (non-hydrogen) atoms. The first-order valence-corrected chi connectivity index (χ1v) is 3.47. The SMILES string of the molecule is O=C(OS)C(S)=C(S)S. The molecule has 0 saturated carbocycles. The van der Waals surface area contributed by atoms with Crippen LogP contribution in [0.3, 0.4) is 0 Å². The Labute approximate surface area is 74.9 Å². The summed E-state index contributed by atoms with van der Waals surface area (Å²) in [6.07, 6.45) is 0. The highest BCUT2D eigenvalue weighted by atomic mass is 32.2. The van der Waals surface area contributed by atoms with Crippen LogP contribution in [0.4, 0.5) is 0 Å². The summed E-state index contributed by atoms with van der Waals surface area (Å²) >= 11 is 14.4. The molecule has 52 valence electrons. The van der Waals surface area contributed by atoms with E-state index in [9.17, 15) is 4.79 Å². The highest BCUT2D eigenvalue weighted by Gasteiger charge is 2.06. The van der Waals surface area contributed by atoms with Gasteiger partial charge in [-0.2, -0.15) is 0 Å². The predicted octanol–water partition coefficient (Wildman–Crippen LogP) is 1.33. The minimum absolute atomic E-state index is 0.0386. The van der Waals surface area contributed by atoms with Gasteiger partial charge in [-0.1, -0.05) is 0 Å². The molecular weight excluding hydrogens is 196 g/mol. The van der Waals surface area contributed by atoms with Gasteiger partial charge in [0.15, 0.2) is 0 Å². The molecule has 0 aliphatic rings. The van der Waals surface area contributed by atoms with Crippen molar-refractivity contribution in [3.05, 3.63) is 9.14 Å². The van der Waals surface area contributed by atoms with Crippen LogP contribution in [0.15, 0.2) is 9.14 Å². The predicted molar refractivity (Wildman–Crippen MR) is 49.1 cm³/mol. The van der Waals surface area contributed by atoms with Gasteiger partial charge in [-0.3, -0.25) is 0 Å². The number of thiol groups is 4. The molecule has 6 heteroatoms. The van der Waals surface area contributed by atoms with Crippen molar-refractivity contribution < 1.29 is 8.98 Å². The van der Waals surface area contributed by atoms with Gasteiger partial charge >= 0.3 is 5.97 Å². The number of rotatable bonds is 1. The maximum absolute atomic E-state index is 10.4. The Kier molecular flexibility index (Phi) is 4.73. The zero-order valence-electron chi connectivity index (χ0n) is 4.11. The van der Waals surface area contributed by atoms with Gasteiger partial charge in [0.05, 0.1) is 4.24 Å². The maximum atomic E-state index is 10.4. The van der Waals surface area contributed by atoms with Gasteiger partial charge < -0.3 is 4.18 Å². The lowest BCUT2D eigenvalue weighted by molar-refractivity contribution is -0.127. The van der Waals surface area contributed by atoms with Crippen LogP contribution >= 0.6 is 50.8 Å². The number of carbonyl (C=O) groups is 1. The van der Waals surface area contributed by atoms with Crippen molar-refractivity contribution in [3.8, 4) is 0 Å². The van der Waals surface area contributed by atoms with Crippen LogP contribution < -0.4 is 0 Å². The molecular formula is C3H4O2S4. The first kappa shape index (κ1) is 9.61. The molecule has 0 unspecified atom stereocenters. The minimum atomic E-state index is -0.665. The molecule has 0 rings (SSSR count). The smallest absolute Gasteiger partial charge is 0.357 e. The van der Waals surface area contributed by atoms with Crippen LogP contribution in [0.1, 0.15) is 0 Å². The lowest BCUT2D eigenvalue weighted by atomic mass is 10.6. The Bertz CT molecular complexity index is 148.